The minimum absolute atomic E-state index is 0.0855. The third-order valence-corrected chi connectivity index (χ3v) is 7.20. The van der Waals surface area contributed by atoms with E-state index in [0.717, 1.165) is 11.3 Å². The van der Waals surface area contributed by atoms with Crippen LogP contribution < -0.4 is 14.9 Å². The normalized spacial score (nSPS) is 15.2. The Hall–Kier alpha value is -4.28. The van der Waals surface area contributed by atoms with Gasteiger partial charge in [-0.3, -0.25) is 19.5 Å². The molecule has 11 heteroatoms. The van der Waals surface area contributed by atoms with Gasteiger partial charge in [0, 0.05) is 17.2 Å². The molecule has 1 unspecified atom stereocenters. The molecule has 9 nitrogen and oxygen atoms in total. The Morgan fingerprint density at radius 2 is 1.95 bits per heavy atom. The van der Waals surface area contributed by atoms with Crippen LogP contribution in [0.5, 0.6) is 0 Å². The maximum atomic E-state index is 13.7. The van der Waals surface area contributed by atoms with Crippen molar-refractivity contribution in [1.29, 1.82) is 0 Å². The Bertz CT molecular complexity index is 1780. The highest BCUT2D eigenvalue weighted by molar-refractivity contribution is 7.07. The second kappa shape index (κ2) is 10.2. The molecule has 0 saturated heterocycles. The van der Waals surface area contributed by atoms with Gasteiger partial charge in [-0.1, -0.05) is 47.2 Å². The molecule has 4 aromatic rings. The fourth-order valence-electron chi connectivity index (χ4n) is 4.30. The van der Waals surface area contributed by atoms with Crippen molar-refractivity contribution >= 4 is 40.7 Å². The molecule has 38 heavy (non-hydrogen) atoms. The van der Waals surface area contributed by atoms with E-state index in [1.165, 1.54) is 10.6 Å². The second-order valence-electron chi connectivity index (χ2n) is 8.33. The summed E-state index contributed by atoms with van der Waals surface area (Å²) < 4.78 is 12.9. The molecule has 0 radical (unpaired) electrons. The van der Waals surface area contributed by atoms with Crippen LogP contribution in [0, 0.1) is 10.1 Å². The van der Waals surface area contributed by atoms with Crippen LogP contribution in [0.25, 0.3) is 17.4 Å². The van der Waals surface area contributed by atoms with E-state index < -0.39 is 16.9 Å². The molecule has 3 heterocycles. The zero-order valence-electron chi connectivity index (χ0n) is 20.2. The number of thiazole rings is 1. The largest absolute Gasteiger partial charge is 0.463 e. The molecule has 1 atom stereocenters. The standard InChI is InChI=1S/C27H20ClN3O6S/c1-3-36-26(33)23-15(2)29-27-30(24(23)16-8-10-17(28)11-9-16)25(32)22(38-27)14-18-12-13-21(37-18)19-6-4-5-7-20(19)31(34)35/h4-14,24H,3H2,1-2H3/b22-14+. The number of carbonyl (C=O) groups is 1. The third kappa shape index (κ3) is 4.59. The Balaban J connectivity index is 1.64. The number of para-hydroxylation sites is 1. The van der Waals surface area contributed by atoms with Gasteiger partial charge in [0.15, 0.2) is 4.80 Å². The molecule has 1 aliphatic heterocycles. The lowest BCUT2D eigenvalue weighted by atomic mass is 9.96. The molecular weight excluding hydrogens is 530 g/mol. The average Bonchev–Trinajstić information content (AvgIpc) is 3.48. The van der Waals surface area contributed by atoms with E-state index in [1.54, 1.807) is 74.5 Å². The van der Waals surface area contributed by atoms with Crippen molar-refractivity contribution in [3.63, 3.8) is 0 Å². The smallest absolute Gasteiger partial charge is 0.338 e. The average molecular weight is 550 g/mol. The van der Waals surface area contributed by atoms with Crippen molar-refractivity contribution in [2.45, 2.75) is 19.9 Å². The highest BCUT2D eigenvalue weighted by atomic mass is 35.5. The number of carbonyl (C=O) groups excluding carboxylic acids is 1. The fourth-order valence-corrected chi connectivity index (χ4v) is 5.45. The van der Waals surface area contributed by atoms with Crippen LogP contribution >= 0.6 is 22.9 Å². The van der Waals surface area contributed by atoms with Gasteiger partial charge in [0.05, 0.1) is 38.9 Å². The number of halogens is 1. The van der Waals surface area contributed by atoms with Crippen LogP contribution in [0.2, 0.25) is 5.02 Å². The molecule has 0 bridgehead atoms. The van der Waals surface area contributed by atoms with Crippen molar-refractivity contribution in [3.05, 3.63) is 118 Å². The molecule has 2 aromatic carbocycles. The maximum Gasteiger partial charge on any atom is 0.338 e. The number of nitro benzene ring substituents is 1. The first-order valence-corrected chi connectivity index (χ1v) is 12.8. The van der Waals surface area contributed by atoms with Gasteiger partial charge in [0.2, 0.25) is 0 Å². The number of furan rings is 1. The molecule has 0 fully saturated rings. The molecule has 2 aromatic heterocycles. The summed E-state index contributed by atoms with van der Waals surface area (Å²) in [7, 11) is 0. The van der Waals surface area contributed by atoms with Crippen molar-refractivity contribution in [2.24, 2.45) is 4.99 Å². The van der Waals surface area contributed by atoms with E-state index in [4.69, 9.17) is 20.8 Å². The molecule has 192 valence electrons. The number of allylic oxidation sites excluding steroid dienone is 1. The van der Waals surface area contributed by atoms with Gasteiger partial charge in [0.1, 0.15) is 11.5 Å². The third-order valence-electron chi connectivity index (χ3n) is 5.97. The fraction of sp³-hybridized carbons (Fsp3) is 0.148. The van der Waals surface area contributed by atoms with Gasteiger partial charge in [-0.15, -0.1) is 0 Å². The zero-order chi connectivity index (χ0) is 27.0. The number of hydrogen-bond acceptors (Lipinski definition) is 8. The van der Waals surface area contributed by atoms with Gasteiger partial charge >= 0.3 is 5.97 Å². The van der Waals surface area contributed by atoms with Crippen LogP contribution in [0.3, 0.4) is 0 Å². The lowest BCUT2D eigenvalue weighted by Crippen LogP contribution is -2.39. The van der Waals surface area contributed by atoms with E-state index in [0.29, 0.717) is 42.7 Å². The summed E-state index contributed by atoms with van der Waals surface area (Å²) in [6.07, 6.45) is 1.56. The Labute approximate surface area is 224 Å². The molecule has 0 aliphatic carbocycles. The minimum atomic E-state index is -0.760. The first kappa shape index (κ1) is 25.4. The summed E-state index contributed by atoms with van der Waals surface area (Å²) in [5, 5.41) is 11.9. The summed E-state index contributed by atoms with van der Waals surface area (Å²) >= 11 is 7.24. The predicted molar refractivity (Wildman–Crippen MR) is 143 cm³/mol. The predicted octanol–water partition coefficient (Wildman–Crippen LogP) is 4.62. The minimum Gasteiger partial charge on any atom is -0.463 e. The van der Waals surface area contributed by atoms with E-state index in [-0.39, 0.29) is 23.4 Å². The van der Waals surface area contributed by atoms with E-state index >= 15 is 0 Å². The zero-order valence-corrected chi connectivity index (χ0v) is 21.8. The van der Waals surface area contributed by atoms with Crippen molar-refractivity contribution in [3.8, 4) is 11.3 Å². The highest BCUT2D eigenvalue weighted by Crippen LogP contribution is 2.32. The number of ether oxygens (including phenoxy) is 1. The van der Waals surface area contributed by atoms with Crippen molar-refractivity contribution < 1.29 is 18.9 Å². The quantitative estimate of drug-likeness (QED) is 0.197. The molecule has 0 saturated carbocycles. The van der Waals surface area contributed by atoms with E-state index in [1.807, 2.05) is 0 Å². The molecule has 0 N–H and O–H groups in total. The Morgan fingerprint density at radius 1 is 1.21 bits per heavy atom. The number of rotatable bonds is 6. The van der Waals surface area contributed by atoms with Crippen LogP contribution in [-0.4, -0.2) is 22.1 Å². The van der Waals surface area contributed by atoms with Crippen molar-refractivity contribution in [2.75, 3.05) is 6.61 Å². The number of nitro groups is 1. The van der Waals surface area contributed by atoms with Crippen molar-refractivity contribution in [1.82, 2.24) is 4.57 Å². The number of nitrogens with zero attached hydrogens (tertiary/aromatic N) is 3. The van der Waals surface area contributed by atoms with E-state index in [2.05, 4.69) is 4.99 Å². The molecule has 5 rings (SSSR count). The van der Waals surface area contributed by atoms with Crippen LogP contribution in [0.15, 0.2) is 86.1 Å². The number of benzene rings is 2. The van der Waals surface area contributed by atoms with Crippen LogP contribution in [0.1, 0.15) is 31.2 Å². The Morgan fingerprint density at radius 3 is 2.66 bits per heavy atom. The monoisotopic (exact) mass is 549 g/mol. The lowest BCUT2D eigenvalue weighted by Gasteiger charge is -2.24. The summed E-state index contributed by atoms with van der Waals surface area (Å²) in [6, 6.07) is 15.6. The lowest BCUT2D eigenvalue weighted by molar-refractivity contribution is -0.384. The van der Waals surface area contributed by atoms with E-state index in [9.17, 15) is 19.7 Å². The molecule has 0 amide bonds. The maximum absolute atomic E-state index is 13.7. The van der Waals surface area contributed by atoms with Gasteiger partial charge in [-0.25, -0.2) is 9.79 Å². The highest BCUT2D eigenvalue weighted by Gasteiger charge is 2.33. The Kier molecular flexibility index (Phi) is 6.83. The number of hydrogen-bond donors (Lipinski definition) is 0. The number of aromatic nitrogens is 1. The topological polar surface area (TPSA) is 117 Å². The van der Waals surface area contributed by atoms with Gasteiger partial charge in [-0.05, 0) is 49.7 Å². The molecule has 0 spiro atoms. The summed E-state index contributed by atoms with van der Waals surface area (Å²) in [5.41, 5.74) is 1.27. The number of fused-ring (bicyclic) bond motifs is 1. The van der Waals surface area contributed by atoms with Gasteiger partial charge in [0.25, 0.3) is 11.2 Å². The summed E-state index contributed by atoms with van der Waals surface area (Å²) in [6.45, 7) is 3.59. The van der Waals surface area contributed by atoms with Gasteiger partial charge in [-0.2, -0.15) is 0 Å². The number of esters is 1. The van der Waals surface area contributed by atoms with Crippen LogP contribution in [0.4, 0.5) is 5.69 Å². The van der Waals surface area contributed by atoms with Gasteiger partial charge < -0.3 is 9.15 Å². The second-order valence-corrected chi connectivity index (χ2v) is 9.78. The molecular formula is C27H20ClN3O6S. The molecule has 1 aliphatic rings. The SMILES string of the molecule is CCOC(=O)C1=C(C)N=c2s/c(=C/c3ccc(-c4ccccc4[N+](=O)[O-])o3)c(=O)n2C1c1ccc(Cl)cc1. The van der Waals surface area contributed by atoms with Crippen LogP contribution in [-0.2, 0) is 9.53 Å². The summed E-state index contributed by atoms with van der Waals surface area (Å²) in [4.78, 5) is 42.5. The first-order valence-electron chi connectivity index (χ1n) is 11.6. The first-order chi connectivity index (χ1) is 18.3. The summed E-state index contributed by atoms with van der Waals surface area (Å²) in [5.74, 6) is 0.0895.